The van der Waals surface area contributed by atoms with Crippen molar-refractivity contribution in [1.82, 2.24) is 20.1 Å². The predicted octanol–water partition coefficient (Wildman–Crippen LogP) is -1.33. The minimum atomic E-state index is -0.576. The van der Waals surface area contributed by atoms with Crippen molar-refractivity contribution in [2.45, 2.75) is 6.92 Å². The molecule has 14 heavy (non-hydrogen) atoms. The number of hydrogen-bond acceptors (Lipinski definition) is 4. The Labute approximate surface area is 80.3 Å². The van der Waals surface area contributed by atoms with Gasteiger partial charge in [0.2, 0.25) is 11.7 Å². The Kier molecular flexibility index (Phi) is 2.80. The van der Waals surface area contributed by atoms with E-state index in [9.17, 15) is 9.59 Å². The molecular weight excluding hydrogens is 186 g/mol. The first-order valence-corrected chi connectivity index (χ1v) is 3.93. The van der Waals surface area contributed by atoms with Crippen LogP contribution in [-0.2, 0) is 4.79 Å². The van der Waals surface area contributed by atoms with Crippen LogP contribution in [0.25, 0.3) is 0 Å². The fourth-order valence-electron chi connectivity index (χ4n) is 0.915. The molecule has 0 unspecified atom stereocenters. The van der Waals surface area contributed by atoms with Crippen LogP contribution in [0.15, 0.2) is 0 Å². The number of hydrogen-bond donors (Lipinski definition) is 2. The largest absolute Gasteiger partial charge is 0.368 e. The van der Waals surface area contributed by atoms with E-state index >= 15 is 0 Å². The molecule has 0 aliphatic carbocycles. The summed E-state index contributed by atoms with van der Waals surface area (Å²) in [5, 5.41) is 6.20. The quantitative estimate of drug-likeness (QED) is 0.626. The molecule has 0 saturated heterocycles. The molecule has 0 aromatic carbocycles. The minimum absolute atomic E-state index is 0.0336. The van der Waals surface area contributed by atoms with Gasteiger partial charge < -0.3 is 10.6 Å². The summed E-state index contributed by atoms with van der Waals surface area (Å²) in [5.74, 6) is -0.437. The number of carbonyl (C=O) groups excluding carboxylic acids is 2. The first-order chi connectivity index (χ1) is 6.50. The molecule has 1 aromatic heterocycles. The van der Waals surface area contributed by atoms with Gasteiger partial charge in [-0.1, -0.05) is 0 Å². The smallest absolute Gasteiger partial charge is 0.293 e. The van der Waals surface area contributed by atoms with Gasteiger partial charge in [-0.15, -0.1) is 5.10 Å². The second-order valence-corrected chi connectivity index (χ2v) is 2.87. The van der Waals surface area contributed by atoms with Gasteiger partial charge in [0.15, 0.2) is 0 Å². The van der Waals surface area contributed by atoms with E-state index in [1.54, 1.807) is 6.92 Å². The van der Waals surface area contributed by atoms with E-state index in [0.29, 0.717) is 5.82 Å². The molecule has 3 N–H and O–H groups in total. The Morgan fingerprint density at radius 2 is 2.21 bits per heavy atom. The Hall–Kier alpha value is -1.92. The van der Waals surface area contributed by atoms with Crippen molar-refractivity contribution in [3.63, 3.8) is 0 Å². The molecule has 1 rings (SSSR count). The third kappa shape index (κ3) is 2.28. The molecule has 0 atom stereocenters. The van der Waals surface area contributed by atoms with Crippen LogP contribution in [-0.4, -0.2) is 45.5 Å². The van der Waals surface area contributed by atoms with Crippen molar-refractivity contribution in [2.24, 2.45) is 5.73 Å². The molecule has 0 fully saturated rings. The van der Waals surface area contributed by atoms with E-state index in [4.69, 9.17) is 5.73 Å². The number of rotatable bonds is 3. The lowest BCUT2D eigenvalue weighted by atomic mass is 10.4. The fourth-order valence-corrected chi connectivity index (χ4v) is 0.915. The summed E-state index contributed by atoms with van der Waals surface area (Å²) < 4.78 is 0. The Morgan fingerprint density at radius 3 is 2.64 bits per heavy atom. The molecular formula is C7H11N5O2. The Bertz CT molecular complexity index is 359. The number of carbonyl (C=O) groups is 2. The standard InChI is InChI=1S/C7H11N5O2/c1-4-9-6(11-10-4)7(14)12(2)3-5(8)13/h3H2,1-2H3,(H2,8,13)(H,9,10,11). The van der Waals surface area contributed by atoms with E-state index in [0.717, 1.165) is 4.90 Å². The van der Waals surface area contributed by atoms with Crippen LogP contribution in [0, 0.1) is 6.92 Å². The van der Waals surface area contributed by atoms with Crippen LogP contribution < -0.4 is 5.73 Å². The molecule has 76 valence electrons. The maximum Gasteiger partial charge on any atom is 0.293 e. The number of amides is 2. The summed E-state index contributed by atoms with van der Waals surface area (Å²) >= 11 is 0. The van der Waals surface area contributed by atoms with Crippen LogP contribution in [0.1, 0.15) is 16.4 Å². The lowest BCUT2D eigenvalue weighted by Crippen LogP contribution is -2.35. The average molecular weight is 197 g/mol. The lowest BCUT2D eigenvalue weighted by molar-refractivity contribution is -0.118. The molecule has 0 radical (unpaired) electrons. The second kappa shape index (κ2) is 3.86. The average Bonchev–Trinajstić information content (AvgIpc) is 2.49. The van der Waals surface area contributed by atoms with Crippen LogP contribution >= 0.6 is 0 Å². The maximum atomic E-state index is 11.5. The fraction of sp³-hybridized carbons (Fsp3) is 0.429. The number of likely N-dealkylation sites (N-methyl/N-ethyl adjacent to an activating group) is 1. The molecule has 0 bridgehead atoms. The molecule has 0 aliphatic rings. The number of primary amides is 1. The molecule has 0 aliphatic heterocycles. The van der Waals surface area contributed by atoms with E-state index < -0.39 is 11.8 Å². The van der Waals surface area contributed by atoms with Gasteiger partial charge in [0.25, 0.3) is 5.91 Å². The van der Waals surface area contributed by atoms with Crippen LogP contribution in [0.2, 0.25) is 0 Å². The van der Waals surface area contributed by atoms with Gasteiger partial charge in [-0.2, -0.15) is 0 Å². The highest BCUT2D eigenvalue weighted by Crippen LogP contribution is 1.96. The first kappa shape index (κ1) is 10.2. The topological polar surface area (TPSA) is 105 Å². The molecule has 1 heterocycles. The van der Waals surface area contributed by atoms with Crippen LogP contribution in [0.4, 0.5) is 0 Å². The van der Waals surface area contributed by atoms with Gasteiger partial charge in [0.05, 0.1) is 6.54 Å². The molecule has 1 aromatic rings. The summed E-state index contributed by atoms with van der Waals surface area (Å²) in [7, 11) is 1.46. The van der Waals surface area contributed by atoms with Crippen molar-refractivity contribution in [1.29, 1.82) is 0 Å². The summed E-state index contributed by atoms with van der Waals surface area (Å²) in [6, 6.07) is 0. The lowest BCUT2D eigenvalue weighted by Gasteiger charge is -2.11. The van der Waals surface area contributed by atoms with Gasteiger partial charge in [0.1, 0.15) is 5.82 Å². The summed E-state index contributed by atoms with van der Waals surface area (Å²) in [5.41, 5.74) is 4.93. The highest BCUT2D eigenvalue weighted by atomic mass is 16.2. The number of aromatic nitrogens is 3. The number of nitrogens with two attached hydrogens (primary N) is 1. The zero-order valence-electron chi connectivity index (χ0n) is 7.94. The SMILES string of the molecule is Cc1nc(C(=O)N(C)CC(N)=O)n[nH]1. The van der Waals surface area contributed by atoms with Crippen molar-refractivity contribution < 1.29 is 9.59 Å². The number of aryl methyl sites for hydroxylation is 1. The van der Waals surface area contributed by atoms with E-state index in [1.165, 1.54) is 7.05 Å². The summed E-state index contributed by atoms with van der Waals surface area (Å²) in [4.78, 5) is 27.0. The van der Waals surface area contributed by atoms with Crippen LogP contribution in [0.5, 0.6) is 0 Å². The van der Waals surface area contributed by atoms with Crippen molar-refractivity contribution in [2.75, 3.05) is 13.6 Å². The number of aromatic amines is 1. The van der Waals surface area contributed by atoms with Gasteiger partial charge in [-0.25, -0.2) is 4.98 Å². The first-order valence-electron chi connectivity index (χ1n) is 3.93. The van der Waals surface area contributed by atoms with Crippen LogP contribution in [0.3, 0.4) is 0 Å². The van der Waals surface area contributed by atoms with Gasteiger partial charge >= 0.3 is 0 Å². The van der Waals surface area contributed by atoms with E-state index in [1.807, 2.05) is 0 Å². The molecule has 0 saturated carbocycles. The summed E-state index contributed by atoms with van der Waals surface area (Å²) in [6.45, 7) is 1.53. The van der Waals surface area contributed by atoms with E-state index in [-0.39, 0.29) is 12.4 Å². The van der Waals surface area contributed by atoms with Crippen molar-refractivity contribution in [3.05, 3.63) is 11.6 Å². The van der Waals surface area contributed by atoms with Crippen molar-refractivity contribution >= 4 is 11.8 Å². The number of H-pyrrole nitrogens is 1. The monoisotopic (exact) mass is 197 g/mol. The third-order valence-corrected chi connectivity index (χ3v) is 1.53. The van der Waals surface area contributed by atoms with Gasteiger partial charge in [-0.05, 0) is 6.92 Å². The minimum Gasteiger partial charge on any atom is -0.368 e. The maximum absolute atomic E-state index is 11.5. The highest BCUT2D eigenvalue weighted by Gasteiger charge is 2.17. The zero-order chi connectivity index (χ0) is 10.7. The molecule has 2 amide bonds. The Balaban J connectivity index is 2.70. The molecule has 7 heteroatoms. The van der Waals surface area contributed by atoms with E-state index in [2.05, 4.69) is 15.2 Å². The molecule has 0 spiro atoms. The second-order valence-electron chi connectivity index (χ2n) is 2.87. The van der Waals surface area contributed by atoms with Gasteiger partial charge in [0, 0.05) is 7.05 Å². The van der Waals surface area contributed by atoms with Gasteiger partial charge in [-0.3, -0.25) is 14.7 Å². The van der Waals surface area contributed by atoms with Crippen molar-refractivity contribution in [3.8, 4) is 0 Å². The summed E-state index contributed by atoms with van der Waals surface area (Å²) in [6.07, 6.45) is 0. The highest BCUT2D eigenvalue weighted by molar-refractivity contribution is 5.92. The zero-order valence-corrected chi connectivity index (χ0v) is 7.94. The Morgan fingerprint density at radius 1 is 1.57 bits per heavy atom. The number of nitrogens with zero attached hydrogens (tertiary/aromatic N) is 3. The number of nitrogens with one attached hydrogen (secondary N) is 1. The third-order valence-electron chi connectivity index (χ3n) is 1.53. The molecule has 7 nitrogen and oxygen atoms in total. The predicted molar refractivity (Wildman–Crippen MR) is 47.3 cm³/mol. The normalized spacial score (nSPS) is 9.86.